The number of anilines is 1. The van der Waals surface area contributed by atoms with Gasteiger partial charge in [-0.05, 0) is 30.3 Å². The first-order valence-corrected chi connectivity index (χ1v) is 10.3. The molecule has 1 aromatic heterocycles. The fourth-order valence-corrected chi connectivity index (χ4v) is 4.29. The number of hydrogen-bond acceptors (Lipinski definition) is 5. The Morgan fingerprint density at radius 2 is 1.65 bits per heavy atom. The zero-order valence-electron chi connectivity index (χ0n) is 17.0. The van der Waals surface area contributed by atoms with Crippen molar-refractivity contribution < 1.29 is 18.4 Å². The highest BCUT2D eigenvalue weighted by Gasteiger charge is 2.39. The minimum Gasteiger partial charge on any atom is -0.468 e. The number of benzene rings is 2. The van der Waals surface area contributed by atoms with E-state index < -0.39 is 5.82 Å². The van der Waals surface area contributed by atoms with Crippen LogP contribution in [0.4, 0.5) is 10.1 Å². The maximum atomic E-state index is 14.1. The molecule has 6 nitrogen and oxygen atoms in total. The lowest BCUT2D eigenvalue weighted by atomic mass is 10.1. The lowest BCUT2D eigenvalue weighted by Crippen LogP contribution is -2.46. The van der Waals surface area contributed by atoms with Crippen LogP contribution < -0.4 is 4.90 Å². The summed E-state index contributed by atoms with van der Waals surface area (Å²) in [5.74, 6) is -0.232. The van der Waals surface area contributed by atoms with Crippen LogP contribution in [-0.4, -0.2) is 47.8 Å². The van der Waals surface area contributed by atoms with Gasteiger partial charge in [-0.25, -0.2) is 4.39 Å². The van der Waals surface area contributed by atoms with Crippen molar-refractivity contribution in [2.24, 2.45) is 0 Å². The van der Waals surface area contributed by atoms with E-state index >= 15 is 0 Å². The van der Waals surface area contributed by atoms with Crippen LogP contribution in [-0.2, 0) is 13.1 Å². The predicted molar refractivity (Wildman–Crippen MR) is 113 cm³/mol. The van der Waals surface area contributed by atoms with Crippen LogP contribution in [0.5, 0.6) is 0 Å². The van der Waals surface area contributed by atoms with E-state index in [0.29, 0.717) is 16.7 Å². The minimum atomic E-state index is -0.424. The number of furan rings is 1. The quantitative estimate of drug-likeness (QED) is 0.592. The third-order valence-corrected chi connectivity index (χ3v) is 5.94. The van der Waals surface area contributed by atoms with E-state index in [1.54, 1.807) is 36.6 Å². The second-order valence-corrected chi connectivity index (χ2v) is 7.83. The average Bonchev–Trinajstić information content (AvgIpc) is 3.38. The van der Waals surface area contributed by atoms with Crippen LogP contribution in [0.1, 0.15) is 32.0 Å². The number of imide groups is 1. The van der Waals surface area contributed by atoms with Gasteiger partial charge in [-0.3, -0.25) is 19.4 Å². The third kappa shape index (κ3) is 3.61. The molecule has 5 rings (SSSR count). The molecule has 1 fully saturated rings. The van der Waals surface area contributed by atoms with Gasteiger partial charge in [0.15, 0.2) is 0 Å². The topological polar surface area (TPSA) is 57.0 Å². The Morgan fingerprint density at radius 3 is 2.39 bits per heavy atom. The molecule has 0 atom stereocenters. The number of carbonyl (C=O) groups excluding carboxylic acids is 2. The lowest BCUT2D eigenvalue weighted by Gasteiger charge is -2.36. The summed E-state index contributed by atoms with van der Waals surface area (Å²) in [6.07, 6.45) is 1.68. The molecular weight excluding hydrogens is 397 g/mol. The van der Waals surface area contributed by atoms with E-state index in [9.17, 15) is 14.0 Å². The first-order valence-electron chi connectivity index (χ1n) is 10.3. The van der Waals surface area contributed by atoms with Crippen LogP contribution in [0.3, 0.4) is 0 Å². The zero-order chi connectivity index (χ0) is 21.4. The number of halogens is 1. The summed E-state index contributed by atoms with van der Waals surface area (Å²) in [6, 6.07) is 15.4. The molecule has 1 saturated heterocycles. The molecule has 0 bridgehead atoms. The van der Waals surface area contributed by atoms with Crippen LogP contribution >= 0.6 is 0 Å². The number of piperazine rings is 1. The smallest absolute Gasteiger partial charge is 0.263 e. The summed E-state index contributed by atoms with van der Waals surface area (Å²) in [5.41, 5.74) is 1.90. The second kappa shape index (κ2) is 8.00. The van der Waals surface area contributed by atoms with Gasteiger partial charge in [0.2, 0.25) is 0 Å². The highest BCUT2D eigenvalue weighted by molar-refractivity contribution is 6.23. The van der Waals surface area contributed by atoms with E-state index in [-0.39, 0.29) is 18.4 Å². The van der Waals surface area contributed by atoms with Gasteiger partial charge >= 0.3 is 0 Å². The van der Waals surface area contributed by atoms with Gasteiger partial charge in [0, 0.05) is 31.7 Å². The van der Waals surface area contributed by atoms with E-state index in [4.69, 9.17) is 4.42 Å². The lowest BCUT2D eigenvalue weighted by molar-refractivity contribution is 0.0641. The molecule has 0 unspecified atom stereocenters. The summed E-state index contributed by atoms with van der Waals surface area (Å²) in [6.45, 7) is 3.81. The van der Waals surface area contributed by atoms with Gasteiger partial charge in [0.05, 0.1) is 36.2 Å². The standard InChI is InChI=1S/C24H22FN3O3/c25-20-8-2-1-5-17(20)15-28-23(29)19-7-3-9-21(22(19)24(28)30)27-12-10-26(11-13-27)16-18-6-4-14-31-18/h1-9,14H,10-13,15-16H2. The molecule has 2 aromatic carbocycles. The summed E-state index contributed by atoms with van der Waals surface area (Å²) in [7, 11) is 0. The molecule has 0 aliphatic carbocycles. The first-order chi connectivity index (χ1) is 15.1. The molecule has 2 amide bonds. The van der Waals surface area contributed by atoms with Crippen molar-refractivity contribution in [2.75, 3.05) is 31.1 Å². The monoisotopic (exact) mass is 419 g/mol. The van der Waals surface area contributed by atoms with Gasteiger partial charge in [-0.15, -0.1) is 0 Å². The molecular formula is C24H22FN3O3. The third-order valence-electron chi connectivity index (χ3n) is 5.94. The number of nitrogens with zero attached hydrogens (tertiary/aromatic N) is 3. The number of rotatable bonds is 5. The molecule has 3 aromatic rings. The number of fused-ring (bicyclic) bond motifs is 1. The Hall–Kier alpha value is -3.45. The van der Waals surface area contributed by atoms with Crippen molar-refractivity contribution >= 4 is 17.5 Å². The van der Waals surface area contributed by atoms with E-state index in [0.717, 1.165) is 49.1 Å². The molecule has 158 valence electrons. The summed E-state index contributed by atoms with van der Waals surface area (Å²) >= 11 is 0. The van der Waals surface area contributed by atoms with Crippen molar-refractivity contribution in [1.82, 2.24) is 9.80 Å². The van der Waals surface area contributed by atoms with Crippen molar-refractivity contribution in [1.29, 1.82) is 0 Å². The average molecular weight is 419 g/mol. The molecule has 3 heterocycles. The van der Waals surface area contributed by atoms with Gasteiger partial charge in [-0.2, -0.15) is 0 Å². The van der Waals surface area contributed by atoms with Gasteiger partial charge in [0.25, 0.3) is 11.8 Å². The summed E-state index contributed by atoms with van der Waals surface area (Å²) in [5, 5.41) is 0. The van der Waals surface area contributed by atoms with Gasteiger partial charge in [-0.1, -0.05) is 24.3 Å². The van der Waals surface area contributed by atoms with Crippen molar-refractivity contribution in [3.05, 3.63) is 89.1 Å². The molecule has 0 spiro atoms. The molecule has 2 aliphatic heterocycles. The maximum absolute atomic E-state index is 14.1. The Kier molecular flexibility index (Phi) is 5.03. The van der Waals surface area contributed by atoms with E-state index in [1.165, 1.54) is 6.07 Å². The zero-order valence-corrected chi connectivity index (χ0v) is 17.0. The van der Waals surface area contributed by atoms with E-state index in [2.05, 4.69) is 9.80 Å². The highest BCUT2D eigenvalue weighted by Crippen LogP contribution is 2.33. The Labute approximate surface area is 179 Å². The first kappa shape index (κ1) is 19.5. The van der Waals surface area contributed by atoms with Crippen molar-refractivity contribution in [2.45, 2.75) is 13.1 Å². The minimum absolute atomic E-state index is 0.0740. The SMILES string of the molecule is O=C1c2cccc(N3CCN(Cc4ccco4)CC3)c2C(=O)N1Cc1ccccc1F. The molecule has 0 saturated carbocycles. The van der Waals surface area contributed by atoms with E-state index in [1.807, 2.05) is 18.2 Å². The van der Waals surface area contributed by atoms with Gasteiger partial charge in [0.1, 0.15) is 11.6 Å². The normalized spacial score (nSPS) is 16.8. The fourth-order valence-electron chi connectivity index (χ4n) is 4.29. The van der Waals surface area contributed by atoms with Crippen LogP contribution in [0, 0.1) is 5.82 Å². The van der Waals surface area contributed by atoms with Gasteiger partial charge < -0.3 is 9.32 Å². The summed E-state index contributed by atoms with van der Waals surface area (Å²) in [4.78, 5) is 31.7. The Morgan fingerprint density at radius 1 is 0.839 bits per heavy atom. The number of amides is 2. The largest absolute Gasteiger partial charge is 0.468 e. The van der Waals surface area contributed by atoms with Crippen LogP contribution in [0.25, 0.3) is 0 Å². The number of carbonyl (C=O) groups is 2. The molecule has 0 radical (unpaired) electrons. The second-order valence-electron chi connectivity index (χ2n) is 7.83. The predicted octanol–water partition coefficient (Wildman–Crippen LogP) is 3.54. The molecule has 31 heavy (non-hydrogen) atoms. The molecule has 2 aliphatic rings. The molecule has 0 N–H and O–H groups in total. The Bertz CT molecular complexity index is 1120. The number of hydrogen-bond donors (Lipinski definition) is 0. The van der Waals surface area contributed by atoms with Crippen LogP contribution in [0.15, 0.2) is 65.3 Å². The fraction of sp³-hybridized carbons (Fsp3) is 0.250. The maximum Gasteiger partial charge on any atom is 0.263 e. The summed E-state index contributed by atoms with van der Waals surface area (Å²) < 4.78 is 19.5. The van der Waals surface area contributed by atoms with Crippen molar-refractivity contribution in [3.8, 4) is 0 Å². The molecule has 7 heteroatoms. The Balaban J connectivity index is 1.34. The van der Waals surface area contributed by atoms with Crippen molar-refractivity contribution in [3.63, 3.8) is 0 Å². The highest BCUT2D eigenvalue weighted by atomic mass is 19.1. The van der Waals surface area contributed by atoms with Crippen LogP contribution in [0.2, 0.25) is 0 Å².